The lowest BCUT2D eigenvalue weighted by Crippen LogP contribution is -1.92. The zero-order chi connectivity index (χ0) is 12.7. The Morgan fingerprint density at radius 2 is 1.79 bits per heavy atom. The van der Waals surface area contributed by atoms with Crippen molar-refractivity contribution in [2.24, 2.45) is 0 Å². The highest BCUT2D eigenvalue weighted by molar-refractivity contribution is 5.83. The Morgan fingerprint density at radius 3 is 2.68 bits per heavy atom. The van der Waals surface area contributed by atoms with Gasteiger partial charge in [-0.1, -0.05) is 18.2 Å². The first-order valence-electron chi connectivity index (χ1n) is 6.07. The van der Waals surface area contributed by atoms with Crippen LogP contribution < -0.4 is 0 Å². The van der Waals surface area contributed by atoms with Crippen molar-refractivity contribution in [2.45, 2.75) is 0 Å². The Labute approximate surface area is 109 Å². The lowest BCUT2D eigenvalue weighted by molar-refractivity contribution is 1.11. The highest BCUT2D eigenvalue weighted by atomic mass is 15.2. The van der Waals surface area contributed by atoms with Gasteiger partial charge in [0.1, 0.15) is 0 Å². The van der Waals surface area contributed by atoms with Crippen LogP contribution in [0.1, 0.15) is 0 Å². The minimum absolute atomic E-state index is 0.819. The summed E-state index contributed by atoms with van der Waals surface area (Å²) in [6.45, 7) is 0. The molecule has 0 spiro atoms. The highest BCUT2D eigenvalue weighted by Gasteiger charge is 2.10. The molecule has 0 bridgehead atoms. The predicted octanol–water partition coefficient (Wildman–Crippen LogP) is 2.94. The molecule has 4 rings (SSSR count). The van der Waals surface area contributed by atoms with E-state index in [-0.39, 0.29) is 0 Å². The van der Waals surface area contributed by atoms with Crippen LogP contribution in [-0.4, -0.2) is 19.6 Å². The van der Waals surface area contributed by atoms with E-state index in [1.165, 1.54) is 5.39 Å². The molecular weight excluding hydrogens is 236 g/mol. The fraction of sp³-hybridized carbons (Fsp3) is 0. The molecule has 4 heteroatoms. The predicted molar refractivity (Wildman–Crippen MR) is 73.7 cm³/mol. The van der Waals surface area contributed by atoms with Gasteiger partial charge in [-0.25, -0.2) is 0 Å². The normalized spacial score (nSPS) is 11.2. The Kier molecular flexibility index (Phi) is 2.08. The molecule has 0 atom stereocenters. The zero-order valence-electron chi connectivity index (χ0n) is 10.1. The maximum atomic E-state index is 4.29. The summed E-state index contributed by atoms with van der Waals surface area (Å²) < 4.78 is 2.06. The van der Waals surface area contributed by atoms with Crippen LogP contribution in [0.15, 0.2) is 60.9 Å². The smallest absolute Gasteiger partial charge is 0.170 e. The van der Waals surface area contributed by atoms with Crippen LogP contribution in [0.2, 0.25) is 0 Å². The van der Waals surface area contributed by atoms with E-state index in [2.05, 4.69) is 37.8 Å². The van der Waals surface area contributed by atoms with Crippen molar-refractivity contribution < 1.29 is 0 Å². The topological polar surface area (TPSA) is 43.1 Å². The van der Waals surface area contributed by atoms with Gasteiger partial charge in [-0.15, -0.1) is 10.2 Å². The molecule has 0 aliphatic carbocycles. The number of nitrogens with zero attached hydrogens (tertiary/aromatic N) is 4. The van der Waals surface area contributed by atoms with Gasteiger partial charge in [-0.2, -0.15) is 0 Å². The monoisotopic (exact) mass is 246 g/mol. The van der Waals surface area contributed by atoms with Gasteiger partial charge >= 0.3 is 0 Å². The third-order valence-electron chi connectivity index (χ3n) is 3.20. The second-order valence-corrected chi connectivity index (χ2v) is 4.35. The molecule has 0 unspecified atom stereocenters. The van der Waals surface area contributed by atoms with Crippen LogP contribution in [0, 0.1) is 0 Å². The van der Waals surface area contributed by atoms with Crippen molar-refractivity contribution >= 4 is 16.6 Å². The lowest BCUT2D eigenvalue weighted by Gasteiger charge is -2.04. The first kappa shape index (κ1) is 10.2. The molecule has 90 valence electrons. The van der Waals surface area contributed by atoms with Gasteiger partial charge in [-0.05, 0) is 35.7 Å². The molecular formula is C15H10N4. The first-order chi connectivity index (χ1) is 9.43. The van der Waals surface area contributed by atoms with Crippen LogP contribution in [-0.2, 0) is 0 Å². The maximum absolute atomic E-state index is 4.29. The van der Waals surface area contributed by atoms with E-state index >= 15 is 0 Å². The molecule has 0 saturated carbocycles. The molecule has 0 N–H and O–H groups in total. The molecule has 4 nitrogen and oxygen atoms in total. The van der Waals surface area contributed by atoms with Gasteiger partial charge in [0.25, 0.3) is 0 Å². The van der Waals surface area contributed by atoms with E-state index in [1.807, 2.05) is 30.3 Å². The third-order valence-corrected chi connectivity index (χ3v) is 3.20. The van der Waals surface area contributed by atoms with Gasteiger partial charge in [-0.3, -0.25) is 9.38 Å². The number of rotatable bonds is 1. The average Bonchev–Trinajstić information content (AvgIpc) is 2.92. The van der Waals surface area contributed by atoms with E-state index in [9.17, 15) is 0 Å². The van der Waals surface area contributed by atoms with Crippen LogP contribution in [0.5, 0.6) is 0 Å². The average molecular weight is 246 g/mol. The van der Waals surface area contributed by atoms with Gasteiger partial charge in [0.15, 0.2) is 11.5 Å². The quantitative estimate of drug-likeness (QED) is 0.518. The number of hydrogen-bond donors (Lipinski definition) is 0. The minimum atomic E-state index is 0.819. The van der Waals surface area contributed by atoms with E-state index in [1.54, 1.807) is 12.4 Å². The van der Waals surface area contributed by atoms with Crippen LogP contribution in [0.25, 0.3) is 27.9 Å². The summed E-state index contributed by atoms with van der Waals surface area (Å²) in [7, 11) is 0. The third kappa shape index (κ3) is 1.50. The second-order valence-electron chi connectivity index (χ2n) is 4.35. The summed E-state index contributed by atoms with van der Waals surface area (Å²) >= 11 is 0. The summed E-state index contributed by atoms with van der Waals surface area (Å²) in [5.74, 6) is 0.819. The number of benzene rings is 1. The van der Waals surface area contributed by atoms with Crippen molar-refractivity contribution in [1.82, 2.24) is 19.6 Å². The van der Waals surface area contributed by atoms with Crippen molar-refractivity contribution in [1.29, 1.82) is 0 Å². The SMILES string of the molecule is c1cncc(-c2nnc3ccc4ccccc4n23)c1. The number of pyridine rings is 2. The number of para-hydroxylation sites is 1. The molecule has 0 saturated heterocycles. The molecule has 3 aromatic heterocycles. The molecule has 0 radical (unpaired) electrons. The molecule has 4 aromatic rings. The molecule has 0 aliphatic heterocycles. The van der Waals surface area contributed by atoms with Crippen LogP contribution in [0.4, 0.5) is 0 Å². The standard InChI is InChI=1S/C15H10N4/c1-2-6-13-11(4-1)7-8-14-17-18-15(19(13)14)12-5-3-9-16-10-12/h1-10H. The molecule has 0 fully saturated rings. The summed E-state index contributed by atoms with van der Waals surface area (Å²) in [5.41, 5.74) is 2.91. The summed E-state index contributed by atoms with van der Waals surface area (Å²) in [5, 5.41) is 9.69. The first-order valence-corrected chi connectivity index (χ1v) is 6.07. The van der Waals surface area contributed by atoms with Crippen molar-refractivity contribution in [2.75, 3.05) is 0 Å². The van der Waals surface area contributed by atoms with Crippen LogP contribution in [0.3, 0.4) is 0 Å². The summed E-state index contributed by atoms with van der Waals surface area (Å²) in [6, 6.07) is 16.2. The highest BCUT2D eigenvalue weighted by Crippen LogP contribution is 2.22. The van der Waals surface area contributed by atoms with Crippen molar-refractivity contribution in [3.05, 3.63) is 60.9 Å². The molecule has 0 amide bonds. The second kappa shape index (κ2) is 3.88. The summed E-state index contributed by atoms with van der Waals surface area (Å²) in [6.07, 6.45) is 3.56. The van der Waals surface area contributed by atoms with Crippen molar-refractivity contribution in [3.63, 3.8) is 0 Å². The molecule has 0 aliphatic rings. The number of hydrogen-bond acceptors (Lipinski definition) is 3. The Balaban J connectivity index is 2.15. The van der Waals surface area contributed by atoms with Crippen molar-refractivity contribution in [3.8, 4) is 11.4 Å². The van der Waals surface area contributed by atoms with E-state index in [0.717, 1.165) is 22.6 Å². The van der Waals surface area contributed by atoms with Gasteiger partial charge < -0.3 is 0 Å². The Hall–Kier alpha value is -2.75. The van der Waals surface area contributed by atoms with Gasteiger partial charge in [0.05, 0.1) is 5.52 Å². The molecule has 1 aromatic carbocycles. The fourth-order valence-electron chi connectivity index (χ4n) is 2.32. The van der Waals surface area contributed by atoms with Crippen LogP contribution >= 0.6 is 0 Å². The largest absolute Gasteiger partial charge is 0.275 e. The Morgan fingerprint density at radius 1 is 0.842 bits per heavy atom. The fourth-order valence-corrected chi connectivity index (χ4v) is 2.32. The van der Waals surface area contributed by atoms with Gasteiger partial charge in [0, 0.05) is 18.0 Å². The summed E-state index contributed by atoms with van der Waals surface area (Å²) in [4.78, 5) is 4.15. The lowest BCUT2D eigenvalue weighted by atomic mass is 10.2. The number of fused-ring (bicyclic) bond motifs is 3. The Bertz CT molecular complexity index is 865. The molecule has 19 heavy (non-hydrogen) atoms. The van der Waals surface area contributed by atoms with E-state index < -0.39 is 0 Å². The van der Waals surface area contributed by atoms with Gasteiger partial charge in [0.2, 0.25) is 0 Å². The van der Waals surface area contributed by atoms with E-state index in [4.69, 9.17) is 0 Å². The van der Waals surface area contributed by atoms with E-state index in [0.29, 0.717) is 0 Å². The minimum Gasteiger partial charge on any atom is -0.275 e. The maximum Gasteiger partial charge on any atom is 0.170 e. The zero-order valence-corrected chi connectivity index (χ0v) is 10.1. The number of aromatic nitrogens is 4. The molecule has 3 heterocycles.